The average molecular weight is 483 g/mol. The van der Waals surface area contributed by atoms with Gasteiger partial charge in [-0.05, 0) is 68.1 Å². The van der Waals surface area contributed by atoms with Crippen molar-refractivity contribution in [1.82, 2.24) is 19.2 Å². The normalized spacial score (nSPS) is 21.0. The molecule has 2 aliphatic rings. The third-order valence-corrected chi connectivity index (χ3v) is 7.20. The molecule has 0 bridgehead atoms. The second-order valence-corrected chi connectivity index (χ2v) is 9.41. The van der Waals surface area contributed by atoms with Gasteiger partial charge in [-0.25, -0.2) is 0 Å². The van der Waals surface area contributed by atoms with Gasteiger partial charge < -0.3 is 9.64 Å². The highest BCUT2D eigenvalue weighted by Crippen LogP contribution is 2.35. The largest absolute Gasteiger partial charge is 0.416 e. The lowest BCUT2D eigenvalue weighted by Crippen LogP contribution is -2.42. The van der Waals surface area contributed by atoms with E-state index in [1.54, 1.807) is 17.8 Å². The van der Waals surface area contributed by atoms with Crippen LogP contribution >= 0.6 is 0 Å². The molecule has 0 saturated carbocycles. The maximum atomic E-state index is 13.5. The van der Waals surface area contributed by atoms with E-state index in [4.69, 9.17) is 4.74 Å². The highest BCUT2D eigenvalue weighted by atomic mass is 19.4. The first-order valence-corrected chi connectivity index (χ1v) is 11.9. The maximum Gasteiger partial charge on any atom is 0.416 e. The zero-order valence-corrected chi connectivity index (χ0v) is 19.3. The highest BCUT2D eigenvalue weighted by molar-refractivity contribution is 6.10. The molecule has 4 heterocycles. The Kier molecular flexibility index (Phi) is 5.14. The molecule has 2 aromatic heterocycles. The monoisotopic (exact) mass is 482 g/mol. The second kappa shape index (κ2) is 8.12. The van der Waals surface area contributed by atoms with Crippen molar-refractivity contribution in [3.63, 3.8) is 0 Å². The van der Waals surface area contributed by atoms with Crippen LogP contribution < -0.4 is 0 Å². The van der Waals surface area contributed by atoms with Gasteiger partial charge in [0.2, 0.25) is 0 Å². The molecule has 6 rings (SSSR count). The van der Waals surface area contributed by atoms with E-state index in [1.165, 1.54) is 12.1 Å². The van der Waals surface area contributed by atoms with Crippen LogP contribution in [0.2, 0.25) is 0 Å². The van der Waals surface area contributed by atoms with E-state index in [9.17, 15) is 18.0 Å². The molecule has 2 aliphatic heterocycles. The first kappa shape index (κ1) is 22.2. The minimum atomic E-state index is -4.40. The summed E-state index contributed by atoms with van der Waals surface area (Å²) in [6.07, 6.45) is 1.52. The molecule has 182 valence electrons. The van der Waals surface area contributed by atoms with Gasteiger partial charge >= 0.3 is 6.18 Å². The summed E-state index contributed by atoms with van der Waals surface area (Å²) in [4.78, 5) is 15.5. The number of carbonyl (C=O) groups is 1. The molecule has 0 aliphatic carbocycles. The summed E-state index contributed by atoms with van der Waals surface area (Å²) in [5, 5.41) is 6.24. The van der Waals surface area contributed by atoms with E-state index < -0.39 is 11.7 Å². The Labute approximate surface area is 199 Å². The lowest BCUT2D eigenvalue weighted by atomic mass is 10.0. The molecule has 2 saturated heterocycles. The van der Waals surface area contributed by atoms with Crippen LogP contribution in [-0.2, 0) is 18.0 Å². The van der Waals surface area contributed by atoms with Crippen molar-refractivity contribution in [2.45, 2.75) is 44.0 Å². The summed E-state index contributed by atoms with van der Waals surface area (Å²) in [7, 11) is 1.80. The standard InChI is InChI=1S/C26H25F3N4O2/c1-31-15-20-19-14-16(25(34)32-12-2-4-22(32)23-5-3-13-35-23)6-11-21(19)33(24(20)30-31)18-9-7-17(8-10-18)26(27,28)29/h6-11,14-15,22-23H,2-5,12-13H2,1H3. The van der Waals surface area contributed by atoms with Crippen molar-refractivity contribution in [2.75, 3.05) is 13.2 Å². The molecule has 4 aromatic rings. The van der Waals surface area contributed by atoms with Crippen molar-refractivity contribution < 1.29 is 22.7 Å². The lowest BCUT2D eigenvalue weighted by molar-refractivity contribution is -0.137. The van der Waals surface area contributed by atoms with Gasteiger partial charge in [-0.2, -0.15) is 18.3 Å². The van der Waals surface area contributed by atoms with E-state index in [0.29, 0.717) is 16.9 Å². The fraction of sp³-hybridized carbons (Fsp3) is 0.385. The Morgan fingerprint density at radius 3 is 2.57 bits per heavy atom. The molecule has 2 unspecified atom stereocenters. The summed E-state index contributed by atoms with van der Waals surface area (Å²) >= 11 is 0. The quantitative estimate of drug-likeness (QED) is 0.397. The van der Waals surface area contributed by atoms with Gasteiger partial charge in [0.05, 0.1) is 23.2 Å². The van der Waals surface area contributed by atoms with Crippen LogP contribution in [0.5, 0.6) is 0 Å². The van der Waals surface area contributed by atoms with Gasteiger partial charge in [0.1, 0.15) is 0 Å². The van der Waals surface area contributed by atoms with Gasteiger partial charge in [-0.15, -0.1) is 0 Å². The third-order valence-electron chi connectivity index (χ3n) is 7.20. The van der Waals surface area contributed by atoms with E-state index in [-0.39, 0.29) is 18.1 Å². The smallest absolute Gasteiger partial charge is 0.376 e. The van der Waals surface area contributed by atoms with Gasteiger partial charge in [-0.1, -0.05) is 0 Å². The average Bonchev–Trinajstić information content (AvgIpc) is 3.61. The van der Waals surface area contributed by atoms with Crippen molar-refractivity contribution in [3.8, 4) is 5.69 Å². The zero-order chi connectivity index (χ0) is 24.3. The summed E-state index contributed by atoms with van der Waals surface area (Å²) < 4.78 is 48.6. The third kappa shape index (κ3) is 3.69. The number of hydrogen-bond acceptors (Lipinski definition) is 3. The first-order valence-electron chi connectivity index (χ1n) is 11.9. The number of benzene rings is 2. The van der Waals surface area contributed by atoms with Gasteiger partial charge in [0.15, 0.2) is 5.65 Å². The molecule has 1 amide bonds. The van der Waals surface area contributed by atoms with Crippen molar-refractivity contribution in [3.05, 3.63) is 59.8 Å². The van der Waals surface area contributed by atoms with Gasteiger partial charge in [-0.3, -0.25) is 14.0 Å². The van der Waals surface area contributed by atoms with E-state index in [2.05, 4.69) is 5.10 Å². The Morgan fingerprint density at radius 2 is 1.86 bits per heavy atom. The number of fused-ring (bicyclic) bond motifs is 3. The van der Waals surface area contributed by atoms with Crippen LogP contribution in [0.15, 0.2) is 48.7 Å². The number of aromatic nitrogens is 3. The minimum Gasteiger partial charge on any atom is -0.376 e. The molecular weight excluding hydrogens is 457 g/mol. The molecular formula is C26H25F3N4O2. The van der Waals surface area contributed by atoms with Crippen LogP contribution in [0.1, 0.15) is 41.6 Å². The molecule has 35 heavy (non-hydrogen) atoms. The lowest BCUT2D eigenvalue weighted by Gasteiger charge is -2.29. The topological polar surface area (TPSA) is 52.3 Å². The number of rotatable bonds is 3. The maximum absolute atomic E-state index is 13.5. The molecule has 6 nitrogen and oxygen atoms in total. The van der Waals surface area contributed by atoms with Crippen molar-refractivity contribution in [2.24, 2.45) is 7.05 Å². The highest BCUT2D eigenvalue weighted by Gasteiger charge is 2.37. The molecule has 2 atom stereocenters. The van der Waals surface area contributed by atoms with Crippen LogP contribution in [0, 0.1) is 0 Å². The number of aryl methyl sites for hydroxylation is 1. The van der Waals surface area contributed by atoms with Crippen LogP contribution in [-0.4, -0.2) is 50.5 Å². The predicted molar refractivity (Wildman–Crippen MR) is 126 cm³/mol. The number of alkyl halides is 3. The number of halogens is 3. The van der Waals surface area contributed by atoms with Crippen molar-refractivity contribution in [1.29, 1.82) is 0 Å². The Morgan fingerprint density at radius 1 is 1.06 bits per heavy atom. The van der Waals surface area contributed by atoms with Crippen LogP contribution in [0.3, 0.4) is 0 Å². The first-order chi connectivity index (χ1) is 16.8. The molecule has 0 radical (unpaired) electrons. The Balaban J connectivity index is 1.42. The number of carbonyl (C=O) groups excluding carboxylic acids is 1. The molecule has 2 fully saturated rings. The number of likely N-dealkylation sites (tertiary alicyclic amines) is 1. The van der Waals surface area contributed by atoms with Crippen LogP contribution in [0.25, 0.3) is 27.6 Å². The molecule has 0 spiro atoms. The zero-order valence-electron chi connectivity index (χ0n) is 19.3. The Bertz CT molecular complexity index is 1410. The summed E-state index contributed by atoms with van der Waals surface area (Å²) in [5.74, 6) is -0.00998. The predicted octanol–water partition coefficient (Wildman–Crippen LogP) is 5.32. The fourth-order valence-electron chi connectivity index (χ4n) is 5.59. The summed E-state index contributed by atoms with van der Waals surface area (Å²) in [5.41, 5.74) is 1.89. The van der Waals surface area contributed by atoms with Crippen LogP contribution in [0.4, 0.5) is 13.2 Å². The number of amides is 1. The van der Waals surface area contributed by atoms with E-state index >= 15 is 0 Å². The number of nitrogens with zero attached hydrogens (tertiary/aromatic N) is 4. The fourth-order valence-corrected chi connectivity index (χ4v) is 5.59. The molecule has 2 aromatic carbocycles. The summed E-state index contributed by atoms with van der Waals surface area (Å²) in [6, 6.07) is 10.7. The SMILES string of the molecule is Cn1cc2c3cc(C(=O)N4CCCC4C4CCCO4)ccc3n(-c3ccc(C(F)(F)F)cc3)c2n1. The molecule has 0 N–H and O–H groups in total. The molecule has 9 heteroatoms. The van der Waals surface area contributed by atoms with E-state index in [1.807, 2.05) is 27.8 Å². The van der Waals surface area contributed by atoms with Gasteiger partial charge in [0, 0.05) is 48.4 Å². The summed E-state index contributed by atoms with van der Waals surface area (Å²) in [6.45, 7) is 1.47. The van der Waals surface area contributed by atoms with E-state index in [0.717, 1.165) is 67.3 Å². The van der Waals surface area contributed by atoms with Crippen molar-refractivity contribution >= 4 is 27.8 Å². The number of hydrogen-bond donors (Lipinski definition) is 0. The Hall–Kier alpha value is -3.33. The minimum absolute atomic E-state index is 0.00998. The number of ether oxygens (including phenoxy) is 1. The van der Waals surface area contributed by atoms with Gasteiger partial charge in [0.25, 0.3) is 5.91 Å². The second-order valence-electron chi connectivity index (χ2n) is 9.41.